The van der Waals surface area contributed by atoms with E-state index in [9.17, 15) is 0 Å². The fourth-order valence-electron chi connectivity index (χ4n) is 1.11. The average Bonchev–Trinajstić information content (AvgIpc) is 2.83. The molecule has 0 aliphatic heterocycles. The Bertz CT molecular complexity index is 461. The monoisotopic (exact) mass is 222 g/mol. The smallest absolute Gasteiger partial charge is 0.277 e. The minimum Gasteiger partial charge on any atom is -0.469 e. The summed E-state index contributed by atoms with van der Waals surface area (Å²) in [5.74, 6) is 2.03. The van der Waals surface area contributed by atoms with Crippen LogP contribution in [-0.4, -0.2) is 16.0 Å². The first-order chi connectivity index (χ1) is 7.31. The lowest BCUT2D eigenvalue weighted by molar-refractivity contribution is 0.464. The third kappa shape index (κ3) is 2.12. The van der Waals surface area contributed by atoms with E-state index in [4.69, 9.17) is 8.83 Å². The van der Waals surface area contributed by atoms with Crippen molar-refractivity contribution in [1.82, 2.24) is 10.2 Å². The largest absolute Gasteiger partial charge is 0.469 e. The van der Waals surface area contributed by atoms with Gasteiger partial charge >= 0.3 is 0 Å². The summed E-state index contributed by atoms with van der Waals surface area (Å²) >= 11 is 1.46. The van der Waals surface area contributed by atoms with Crippen LogP contribution in [0, 0.1) is 6.92 Å². The van der Waals surface area contributed by atoms with E-state index in [0.717, 1.165) is 17.1 Å². The fraction of sp³-hybridized carbons (Fsp3) is 0.200. The second-order valence-corrected chi connectivity index (χ2v) is 3.83. The van der Waals surface area contributed by atoms with Crippen LogP contribution >= 0.6 is 11.8 Å². The molecule has 2 aromatic rings. The maximum atomic E-state index is 5.44. The first kappa shape index (κ1) is 10.0. The molecule has 0 N–H and O–H groups in total. The number of hydrogen-bond acceptors (Lipinski definition) is 5. The number of rotatable bonds is 4. The highest BCUT2D eigenvalue weighted by atomic mass is 32.2. The van der Waals surface area contributed by atoms with Crippen LogP contribution in [0.15, 0.2) is 39.0 Å². The lowest BCUT2D eigenvalue weighted by Gasteiger charge is -1.89. The van der Waals surface area contributed by atoms with E-state index >= 15 is 0 Å². The molecule has 0 radical (unpaired) electrons. The number of thioether (sulfide) groups is 1. The zero-order valence-electron chi connectivity index (χ0n) is 8.27. The molecule has 0 bridgehead atoms. The zero-order valence-corrected chi connectivity index (χ0v) is 9.08. The molecule has 0 saturated heterocycles. The van der Waals surface area contributed by atoms with Crippen LogP contribution in [0.5, 0.6) is 0 Å². The van der Waals surface area contributed by atoms with Crippen molar-refractivity contribution in [2.24, 2.45) is 0 Å². The minimum atomic E-state index is 0.493. The number of hydrogen-bond donors (Lipinski definition) is 0. The van der Waals surface area contributed by atoms with Crippen LogP contribution in [0.4, 0.5) is 0 Å². The standard InChI is InChI=1S/C10H10N2O2S/c1-3-6-15-10-12-11-9(14-10)8-4-5-13-7(8)2/h3-5H,1,6H2,2H3. The van der Waals surface area contributed by atoms with Crippen molar-refractivity contribution >= 4 is 11.8 Å². The van der Waals surface area contributed by atoms with Crippen LogP contribution in [0.3, 0.4) is 0 Å². The van der Waals surface area contributed by atoms with Crippen molar-refractivity contribution < 1.29 is 8.83 Å². The average molecular weight is 222 g/mol. The molecule has 0 amide bonds. The van der Waals surface area contributed by atoms with Crippen molar-refractivity contribution in [2.75, 3.05) is 5.75 Å². The Morgan fingerprint density at radius 3 is 3.07 bits per heavy atom. The van der Waals surface area contributed by atoms with Gasteiger partial charge in [-0.05, 0) is 13.0 Å². The summed E-state index contributed by atoms with van der Waals surface area (Å²) in [7, 11) is 0. The third-order valence-corrected chi connectivity index (χ3v) is 2.63. The van der Waals surface area contributed by atoms with Gasteiger partial charge < -0.3 is 8.83 Å². The van der Waals surface area contributed by atoms with Crippen LogP contribution in [0.25, 0.3) is 11.5 Å². The molecule has 0 atom stereocenters. The number of nitrogens with zero attached hydrogens (tertiary/aromatic N) is 2. The first-order valence-electron chi connectivity index (χ1n) is 4.43. The summed E-state index contributed by atoms with van der Waals surface area (Å²) in [5, 5.41) is 8.40. The number of aryl methyl sites for hydroxylation is 1. The van der Waals surface area contributed by atoms with Gasteiger partial charge in [0.15, 0.2) is 0 Å². The molecule has 2 aromatic heterocycles. The van der Waals surface area contributed by atoms with Gasteiger partial charge in [-0.3, -0.25) is 0 Å². The molecule has 2 rings (SSSR count). The topological polar surface area (TPSA) is 52.1 Å². The second kappa shape index (κ2) is 4.35. The SMILES string of the molecule is C=CCSc1nnc(-c2ccoc2C)o1. The Balaban J connectivity index is 2.20. The van der Waals surface area contributed by atoms with Gasteiger partial charge in [0, 0.05) is 5.75 Å². The molecule has 78 valence electrons. The summed E-state index contributed by atoms with van der Waals surface area (Å²) < 4.78 is 10.6. The Hall–Kier alpha value is -1.49. The van der Waals surface area contributed by atoms with E-state index < -0.39 is 0 Å². The summed E-state index contributed by atoms with van der Waals surface area (Å²) in [6.07, 6.45) is 3.39. The maximum absolute atomic E-state index is 5.44. The van der Waals surface area contributed by atoms with Gasteiger partial charge in [0.05, 0.1) is 11.8 Å². The fourth-order valence-corrected chi connectivity index (χ4v) is 1.61. The highest BCUT2D eigenvalue weighted by Crippen LogP contribution is 2.25. The van der Waals surface area contributed by atoms with Crippen LogP contribution < -0.4 is 0 Å². The molecule has 0 spiro atoms. The van der Waals surface area contributed by atoms with E-state index in [-0.39, 0.29) is 0 Å². The summed E-state index contributed by atoms with van der Waals surface area (Å²) in [4.78, 5) is 0. The van der Waals surface area contributed by atoms with Gasteiger partial charge in [0.25, 0.3) is 11.1 Å². The summed E-state index contributed by atoms with van der Waals surface area (Å²) in [5.41, 5.74) is 0.841. The van der Waals surface area contributed by atoms with Crippen molar-refractivity contribution in [2.45, 2.75) is 12.1 Å². The second-order valence-electron chi connectivity index (χ2n) is 2.86. The quantitative estimate of drug-likeness (QED) is 0.588. The maximum Gasteiger partial charge on any atom is 0.277 e. The van der Waals surface area contributed by atoms with E-state index in [1.165, 1.54) is 11.8 Å². The Morgan fingerprint density at radius 1 is 1.53 bits per heavy atom. The molecule has 0 fully saturated rings. The molecular formula is C10H10N2O2S. The van der Waals surface area contributed by atoms with Gasteiger partial charge in [-0.25, -0.2) is 0 Å². The van der Waals surface area contributed by atoms with Crippen LogP contribution in [-0.2, 0) is 0 Å². The van der Waals surface area contributed by atoms with E-state index in [1.54, 1.807) is 12.3 Å². The summed E-state index contributed by atoms with van der Waals surface area (Å²) in [6.45, 7) is 5.48. The molecule has 0 unspecified atom stereocenters. The highest BCUT2D eigenvalue weighted by molar-refractivity contribution is 7.99. The van der Waals surface area contributed by atoms with Gasteiger partial charge in [-0.15, -0.1) is 16.8 Å². The third-order valence-electron chi connectivity index (χ3n) is 1.82. The predicted octanol–water partition coefficient (Wildman–Crippen LogP) is 2.92. The summed E-state index contributed by atoms with van der Waals surface area (Å²) in [6, 6.07) is 1.81. The van der Waals surface area contributed by atoms with E-state index in [2.05, 4.69) is 16.8 Å². The highest BCUT2D eigenvalue weighted by Gasteiger charge is 2.12. The Morgan fingerprint density at radius 2 is 2.40 bits per heavy atom. The lowest BCUT2D eigenvalue weighted by Crippen LogP contribution is -1.76. The number of aromatic nitrogens is 2. The van der Waals surface area contributed by atoms with Crippen molar-refractivity contribution in [3.63, 3.8) is 0 Å². The normalized spacial score (nSPS) is 10.5. The molecule has 2 heterocycles. The van der Waals surface area contributed by atoms with Crippen molar-refractivity contribution in [3.8, 4) is 11.5 Å². The van der Waals surface area contributed by atoms with E-state index in [1.807, 2.05) is 13.0 Å². The predicted molar refractivity (Wildman–Crippen MR) is 57.7 cm³/mol. The molecule has 0 aliphatic rings. The van der Waals surface area contributed by atoms with Crippen LogP contribution in [0.1, 0.15) is 5.76 Å². The molecule has 15 heavy (non-hydrogen) atoms. The molecule has 0 aromatic carbocycles. The van der Waals surface area contributed by atoms with Crippen molar-refractivity contribution in [1.29, 1.82) is 0 Å². The lowest BCUT2D eigenvalue weighted by atomic mass is 10.3. The van der Waals surface area contributed by atoms with Gasteiger partial charge in [0.2, 0.25) is 0 Å². The zero-order chi connectivity index (χ0) is 10.7. The molecule has 0 saturated carbocycles. The van der Waals surface area contributed by atoms with Gasteiger partial charge in [-0.2, -0.15) is 0 Å². The van der Waals surface area contributed by atoms with Crippen LogP contribution in [0.2, 0.25) is 0 Å². The Kier molecular flexibility index (Phi) is 2.91. The molecule has 4 nitrogen and oxygen atoms in total. The molecule has 0 aliphatic carbocycles. The van der Waals surface area contributed by atoms with E-state index in [0.29, 0.717) is 11.1 Å². The van der Waals surface area contributed by atoms with Crippen molar-refractivity contribution in [3.05, 3.63) is 30.7 Å². The van der Waals surface area contributed by atoms with Gasteiger partial charge in [-0.1, -0.05) is 17.8 Å². The first-order valence-corrected chi connectivity index (χ1v) is 5.41. The minimum absolute atomic E-state index is 0.493. The van der Waals surface area contributed by atoms with Gasteiger partial charge in [0.1, 0.15) is 5.76 Å². The molecule has 5 heteroatoms. The Labute approximate surface area is 91.4 Å². The number of furan rings is 1. The molecular weight excluding hydrogens is 212 g/mol.